The first kappa shape index (κ1) is 19.6. The van der Waals surface area contributed by atoms with Gasteiger partial charge in [-0.2, -0.15) is 15.0 Å². The Hall–Kier alpha value is -3.36. The zero-order valence-electron chi connectivity index (χ0n) is 17.6. The average molecular weight is 421 g/mol. The van der Waals surface area contributed by atoms with Crippen molar-refractivity contribution in [2.45, 2.75) is 20.3 Å². The average Bonchev–Trinajstić information content (AvgIpc) is 3.42. The molecular weight excluding hydrogens is 397 g/mol. The number of aryl methyl sites for hydroxylation is 2. The summed E-state index contributed by atoms with van der Waals surface area (Å²) in [5.74, 6) is 0.955. The Morgan fingerprint density at radius 3 is 2.45 bits per heavy atom. The molecule has 2 aliphatic rings. The third-order valence-corrected chi connectivity index (χ3v) is 6.16. The smallest absolute Gasteiger partial charge is 0.256 e. The molecule has 160 valence electrons. The summed E-state index contributed by atoms with van der Waals surface area (Å²) in [4.78, 5) is 28.0. The largest absolute Gasteiger partial charge is 0.340 e. The van der Waals surface area contributed by atoms with Crippen LogP contribution in [-0.4, -0.2) is 61.9 Å². The number of piperidine rings is 1. The van der Waals surface area contributed by atoms with Gasteiger partial charge >= 0.3 is 0 Å². The number of hydrogen-bond acceptors (Lipinski definition) is 6. The van der Waals surface area contributed by atoms with E-state index in [1.165, 1.54) is 29.3 Å². The fourth-order valence-corrected chi connectivity index (χ4v) is 4.73. The van der Waals surface area contributed by atoms with Crippen molar-refractivity contribution in [3.8, 4) is 5.69 Å². The summed E-state index contributed by atoms with van der Waals surface area (Å²) < 4.78 is 14.0. The monoisotopic (exact) mass is 421 g/mol. The van der Waals surface area contributed by atoms with E-state index in [0.29, 0.717) is 30.6 Å². The van der Waals surface area contributed by atoms with Crippen LogP contribution in [0.25, 0.3) is 5.69 Å². The fraction of sp³-hybridized carbons (Fsp3) is 0.409. The SMILES string of the molecule is Cc1cc(C)nc(N2C[C@H]3CN(C(=O)c4cc(F)ccc4-n4nccn4)CC[C@H]3C2)n1. The van der Waals surface area contributed by atoms with Crippen LogP contribution in [0.15, 0.2) is 36.7 Å². The molecule has 2 aromatic heterocycles. The lowest BCUT2D eigenvalue weighted by atomic mass is 9.88. The summed E-state index contributed by atoms with van der Waals surface area (Å²) in [5, 5.41) is 8.21. The molecule has 0 aliphatic carbocycles. The Balaban J connectivity index is 1.35. The molecular formula is C22H24FN7O. The highest BCUT2D eigenvalue weighted by Gasteiger charge is 2.39. The maximum absolute atomic E-state index is 14.0. The van der Waals surface area contributed by atoms with Crippen molar-refractivity contribution in [1.29, 1.82) is 0 Å². The lowest BCUT2D eigenvalue weighted by molar-refractivity contribution is 0.0641. The molecule has 1 aromatic carbocycles. The van der Waals surface area contributed by atoms with Gasteiger partial charge in [-0.15, -0.1) is 0 Å². The Labute approximate surface area is 179 Å². The molecule has 0 spiro atoms. The van der Waals surface area contributed by atoms with E-state index in [1.54, 1.807) is 6.07 Å². The second-order valence-corrected chi connectivity index (χ2v) is 8.40. The second kappa shape index (κ2) is 7.72. The predicted molar refractivity (Wildman–Crippen MR) is 113 cm³/mol. The van der Waals surface area contributed by atoms with Gasteiger partial charge in [0.1, 0.15) is 5.82 Å². The number of anilines is 1. The van der Waals surface area contributed by atoms with Crippen LogP contribution in [0.4, 0.5) is 10.3 Å². The van der Waals surface area contributed by atoms with Crippen molar-refractivity contribution < 1.29 is 9.18 Å². The lowest BCUT2D eigenvalue weighted by Crippen LogP contribution is -2.43. The number of benzene rings is 1. The molecule has 2 fully saturated rings. The number of carbonyl (C=O) groups excluding carboxylic acids is 1. The number of aromatic nitrogens is 5. The van der Waals surface area contributed by atoms with Gasteiger partial charge < -0.3 is 9.80 Å². The van der Waals surface area contributed by atoms with Crippen LogP contribution in [0.5, 0.6) is 0 Å². The van der Waals surface area contributed by atoms with Gasteiger partial charge in [0, 0.05) is 37.6 Å². The summed E-state index contributed by atoms with van der Waals surface area (Å²) in [6.07, 6.45) is 3.97. The minimum Gasteiger partial charge on any atom is -0.340 e. The van der Waals surface area contributed by atoms with E-state index in [9.17, 15) is 9.18 Å². The van der Waals surface area contributed by atoms with Crippen molar-refractivity contribution in [3.05, 3.63) is 59.4 Å². The maximum atomic E-state index is 14.0. The van der Waals surface area contributed by atoms with Gasteiger partial charge in [0.2, 0.25) is 5.95 Å². The third-order valence-electron chi connectivity index (χ3n) is 6.16. The van der Waals surface area contributed by atoms with E-state index in [0.717, 1.165) is 36.8 Å². The highest BCUT2D eigenvalue weighted by molar-refractivity contribution is 5.97. The Morgan fingerprint density at radius 2 is 1.71 bits per heavy atom. The number of hydrogen-bond donors (Lipinski definition) is 0. The van der Waals surface area contributed by atoms with Gasteiger partial charge in [0.25, 0.3) is 5.91 Å². The van der Waals surface area contributed by atoms with Crippen LogP contribution >= 0.6 is 0 Å². The van der Waals surface area contributed by atoms with E-state index < -0.39 is 5.82 Å². The topological polar surface area (TPSA) is 80.0 Å². The molecule has 0 saturated carbocycles. The van der Waals surface area contributed by atoms with Crippen molar-refractivity contribution in [2.24, 2.45) is 11.8 Å². The van der Waals surface area contributed by atoms with Crippen LogP contribution in [-0.2, 0) is 0 Å². The number of halogens is 1. The number of fused-ring (bicyclic) bond motifs is 1. The quantitative estimate of drug-likeness (QED) is 0.646. The molecule has 0 N–H and O–H groups in total. The fourth-order valence-electron chi connectivity index (χ4n) is 4.73. The van der Waals surface area contributed by atoms with Crippen LogP contribution < -0.4 is 4.90 Å². The minimum absolute atomic E-state index is 0.189. The molecule has 3 aromatic rings. The molecule has 8 nitrogen and oxygen atoms in total. The van der Waals surface area contributed by atoms with Gasteiger partial charge in [0.05, 0.1) is 23.6 Å². The maximum Gasteiger partial charge on any atom is 0.256 e. The van der Waals surface area contributed by atoms with Crippen molar-refractivity contribution in [3.63, 3.8) is 0 Å². The van der Waals surface area contributed by atoms with E-state index in [1.807, 2.05) is 24.8 Å². The number of likely N-dealkylation sites (tertiary alicyclic amines) is 1. The summed E-state index contributed by atoms with van der Waals surface area (Å²) in [5.41, 5.74) is 2.68. The summed E-state index contributed by atoms with van der Waals surface area (Å²) >= 11 is 0. The van der Waals surface area contributed by atoms with Crippen LogP contribution in [0.3, 0.4) is 0 Å². The second-order valence-electron chi connectivity index (χ2n) is 8.40. The Morgan fingerprint density at radius 1 is 1.00 bits per heavy atom. The van der Waals surface area contributed by atoms with Crippen molar-refractivity contribution in [1.82, 2.24) is 29.9 Å². The molecule has 2 atom stereocenters. The van der Waals surface area contributed by atoms with Crippen molar-refractivity contribution >= 4 is 11.9 Å². The molecule has 31 heavy (non-hydrogen) atoms. The molecule has 5 rings (SSSR count). The minimum atomic E-state index is -0.451. The zero-order chi connectivity index (χ0) is 21.5. The normalized spacial score (nSPS) is 20.7. The number of amides is 1. The summed E-state index contributed by atoms with van der Waals surface area (Å²) in [6, 6.07) is 6.11. The first-order chi connectivity index (χ1) is 15.0. The van der Waals surface area contributed by atoms with E-state index >= 15 is 0 Å². The van der Waals surface area contributed by atoms with Gasteiger partial charge in [-0.05, 0) is 56.4 Å². The Bertz CT molecular complexity index is 1100. The van der Waals surface area contributed by atoms with Gasteiger partial charge in [-0.1, -0.05) is 0 Å². The Kier molecular flexibility index (Phi) is 4.88. The molecule has 4 heterocycles. The number of rotatable bonds is 3. The molecule has 0 unspecified atom stereocenters. The lowest BCUT2D eigenvalue weighted by Gasteiger charge is -2.34. The summed E-state index contributed by atoms with van der Waals surface area (Å²) in [7, 11) is 0. The molecule has 0 bridgehead atoms. The third kappa shape index (κ3) is 3.75. The van der Waals surface area contributed by atoms with Gasteiger partial charge in [0.15, 0.2) is 0 Å². The first-order valence-corrected chi connectivity index (χ1v) is 10.5. The molecule has 2 aliphatic heterocycles. The molecule has 9 heteroatoms. The van der Waals surface area contributed by atoms with Gasteiger partial charge in [-0.3, -0.25) is 4.79 Å². The van der Waals surface area contributed by atoms with Crippen molar-refractivity contribution in [2.75, 3.05) is 31.1 Å². The number of nitrogens with zero attached hydrogens (tertiary/aromatic N) is 7. The van der Waals surface area contributed by atoms with E-state index in [-0.39, 0.29) is 11.5 Å². The highest BCUT2D eigenvalue weighted by Crippen LogP contribution is 2.34. The van der Waals surface area contributed by atoms with E-state index in [4.69, 9.17) is 0 Å². The van der Waals surface area contributed by atoms with E-state index in [2.05, 4.69) is 25.1 Å². The zero-order valence-corrected chi connectivity index (χ0v) is 17.6. The first-order valence-electron chi connectivity index (χ1n) is 10.5. The molecule has 1 amide bonds. The number of carbonyl (C=O) groups is 1. The van der Waals surface area contributed by atoms with Gasteiger partial charge in [-0.25, -0.2) is 14.4 Å². The molecule has 0 radical (unpaired) electrons. The summed E-state index contributed by atoms with van der Waals surface area (Å²) in [6.45, 7) is 6.95. The van der Waals surface area contributed by atoms with Crippen LogP contribution in [0, 0.1) is 31.5 Å². The van der Waals surface area contributed by atoms with Crippen LogP contribution in [0.2, 0.25) is 0 Å². The standard InChI is InChI=1S/C22H24FN7O/c1-14-9-15(2)27-22(26-14)29-11-16-5-8-28(12-17(16)13-29)21(31)19-10-18(23)3-4-20(19)30-24-6-7-25-30/h3-4,6-7,9-10,16-17H,5,8,11-13H2,1-2H3/t16-,17+/m0/s1. The predicted octanol–water partition coefficient (Wildman–Crippen LogP) is 2.41. The molecule has 2 saturated heterocycles. The van der Waals surface area contributed by atoms with Crippen LogP contribution in [0.1, 0.15) is 28.2 Å². The highest BCUT2D eigenvalue weighted by atomic mass is 19.1.